The molecule has 0 unspecified atom stereocenters. The van der Waals surface area contributed by atoms with E-state index >= 15 is 0 Å². The van der Waals surface area contributed by atoms with E-state index in [-0.39, 0.29) is 5.41 Å². The highest BCUT2D eigenvalue weighted by Gasteiger charge is 2.47. The fourth-order valence-electron chi connectivity index (χ4n) is 14.2. The molecule has 0 saturated carbocycles. The van der Waals surface area contributed by atoms with Crippen molar-refractivity contribution in [2.45, 2.75) is 24.7 Å². The van der Waals surface area contributed by atoms with Crippen LogP contribution in [0.5, 0.6) is 0 Å². The van der Waals surface area contributed by atoms with E-state index in [4.69, 9.17) is 0 Å². The second kappa shape index (κ2) is 19.1. The summed E-state index contributed by atoms with van der Waals surface area (Å²) in [4.78, 5) is 4.86. The van der Waals surface area contributed by atoms with Gasteiger partial charge in [0.25, 0.3) is 0 Å². The largest absolute Gasteiger partial charge is 0.310 e. The number of benzene rings is 13. The second-order valence-corrected chi connectivity index (χ2v) is 22.8. The zero-order valence-corrected chi connectivity index (χ0v) is 46.3. The van der Waals surface area contributed by atoms with Crippen LogP contribution in [0.4, 0.5) is 34.1 Å². The number of anilines is 6. The average molecular weight is 1060 g/mol. The molecule has 16 rings (SSSR count). The van der Waals surface area contributed by atoms with Crippen LogP contribution < -0.4 is 9.80 Å². The van der Waals surface area contributed by atoms with E-state index < -0.39 is 5.41 Å². The van der Waals surface area contributed by atoms with Gasteiger partial charge in [0, 0.05) is 56.0 Å². The molecule has 0 atom stereocenters. The summed E-state index contributed by atoms with van der Waals surface area (Å²) in [5.74, 6) is 0. The van der Waals surface area contributed by atoms with E-state index in [1.165, 1.54) is 99.3 Å². The molecule has 3 heteroatoms. The predicted molar refractivity (Wildman–Crippen MR) is 348 cm³/mol. The van der Waals surface area contributed by atoms with Crippen LogP contribution in [-0.4, -0.2) is 4.57 Å². The minimum absolute atomic E-state index is 0.190. The molecule has 2 aliphatic carbocycles. The first kappa shape index (κ1) is 48.4. The van der Waals surface area contributed by atoms with Crippen LogP contribution in [0, 0.1) is 0 Å². The molecule has 0 amide bonds. The Labute approximate surface area is 484 Å². The predicted octanol–water partition coefficient (Wildman–Crippen LogP) is 21.2. The highest BCUT2D eigenvalue weighted by Crippen LogP contribution is 2.59. The van der Waals surface area contributed by atoms with E-state index in [1.807, 2.05) is 0 Å². The van der Waals surface area contributed by atoms with Crippen LogP contribution in [-0.2, 0) is 10.8 Å². The van der Waals surface area contributed by atoms with Crippen LogP contribution >= 0.6 is 0 Å². The van der Waals surface area contributed by atoms with Gasteiger partial charge in [0.1, 0.15) is 0 Å². The first-order valence-corrected chi connectivity index (χ1v) is 28.9. The molecular weight excluding hydrogens is 1000 g/mol. The van der Waals surface area contributed by atoms with Crippen LogP contribution in [0.1, 0.15) is 47.2 Å². The summed E-state index contributed by atoms with van der Waals surface area (Å²) in [6, 6.07) is 115. The molecule has 0 bridgehead atoms. The van der Waals surface area contributed by atoms with Crippen molar-refractivity contribution in [3.8, 4) is 39.1 Å². The fourth-order valence-corrected chi connectivity index (χ4v) is 14.2. The highest BCUT2D eigenvalue weighted by molar-refractivity contribution is 6.10. The molecule has 0 fully saturated rings. The van der Waals surface area contributed by atoms with Crippen molar-refractivity contribution in [2.24, 2.45) is 0 Å². The van der Waals surface area contributed by atoms with Gasteiger partial charge in [-0.15, -0.1) is 0 Å². The van der Waals surface area contributed by atoms with E-state index in [9.17, 15) is 0 Å². The van der Waals surface area contributed by atoms with Crippen molar-refractivity contribution < 1.29 is 0 Å². The SMILES string of the molecule is CC1(C)c2ccccc2-c2ccc(N(c3ccc(N(c4ccccc4)c4ccc5ccccc5c4)cc3)c3ccc4c(c3)C(c3ccccc3)(c3ccccc3)c3cc(-c5ccc6c(c5)c5ccccc5n6-c5ccccc5)ccc3-4)cc21. The van der Waals surface area contributed by atoms with Crippen molar-refractivity contribution in [3.05, 3.63) is 343 Å². The van der Waals surface area contributed by atoms with Gasteiger partial charge in [0.15, 0.2) is 0 Å². The zero-order chi connectivity index (χ0) is 55.2. The highest BCUT2D eigenvalue weighted by atomic mass is 15.2. The molecule has 13 aromatic carbocycles. The van der Waals surface area contributed by atoms with Gasteiger partial charge in [-0.2, -0.15) is 0 Å². The maximum atomic E-state index is 2.51. The van der Waals surface area contributed by atoms with Crippen LogP contribution in [0.2, 0.25) is 0 Å². The van der Waals surface area contributed by atoms with Crippen LogP contribution in [0.15, 0.2) is 309 Å². The molecule has 2 aliphatic rings. The average Bonchev–Trinajstić information content (AvgIpc) is 2.27. The third kappa shape index (κ3) is 7.58. The van der Waals surface area contributed by atoms with Gasteiger partial charge in [-0.3, -0.25) is 0 Å². The van der Waals surface area contributed by atoms with E-state index in [0.717, 1.165) is 39.8 Å². The van der Waals surface area contributed by atoms with Gasteiger partial charge in [-0.1, -0.05) is 214 Å². The van der Waals surface area contributed by atoms with Gasteiger partial charge in [0.05, 0.1) is 16.4 Å². The summed E-state index contributed by atoms with van der Waals surface area (Å²) in [5.41, 5.74) is 24.4. The lowest BCUT2D eigenvalue weighted by atomic mass is 9.67. The fraction of sp³-hybridized carbons (Fsp3) is 0.0500. The van der Waals surface area contributed by atoms with Gasteiger partial charge >= 0.3 is 0 Å². The van der Waals surface area contributed by atoms with E-state index in [2.05, 4.69) is 338 Å². The second-order valence-electron chi connectivity index (χ2n) is 22.8. The normalized spacial score (nSPS) is 13.4. The Morgan fingerprint density at radius 1 is 0.277 bits per heavy atom. The molecule has 1 heterocycles. The number of para-hydroxylation sites is 3. The topological polar surface area (TPSA) is 11.4 Å². The monoisotopic (exact) mass is 1060 g/mol. The quantitative estimate of drug-likeness (QED) is 0.135. The van der Waals surface area contributed by atoms with E-state index in [1.54, 1.807) is 0 Å². The van der Waals surface area contributed by atoms with Crippen molar-refractivity contribution in [1.29, 1.82) is 0 Å². The summed E-state index contributed by atoms with van der Waals surface area (Å²) < 4.78 is 2.40. The molecule has 392 valence electrons. The molecule has 0 aliphatic heterocycles. The van der Waals surface area contributed by atoms with Crippen molar-refractivity contribution in [2.75, 3.05) is 9.80 Å². The number of hydrogen-bond donors (Lipinski definition) is 0. The Hall–Kier alpha value is -10.5. The minimum Gasteiger partial charge on any atom is -0.310 e. The van der Waals surface area contributed by atoms with Gasteiger partial charge in [0.2, 0.25) is 0 Å². The lowest BCUT2D eigenvalue weighted by Gasteiger charge is -2.35. The molecular formula is C80H57N3. The van der Waals surface area contributed by atoms with Crippen LogP contribution in [0.25, 0.3) is 71.6 Å². The standard InChI is InChI=1S/C80H57N3/c1-79(2)73-33-19-17-31-67(73)68-46-43-65(52-74(68)79)82(63-41-39-62(40-42-63)81(60-27-11-5-12-28-60)64-38-35-54-21-15-16-22-55(54)49-64)66-44-47-70-69-45-36-57(51-75(69)80(76(70)53-66,58-23-7-3-8-24-58)59-25-9-4-10-26-59)56-37-48-78-72(50-56)71-32-18-20-34-77(71)83(78)61-29-13-6-14-30-61/h3-53H,1-2H3. The summed E-state index contributed by atoms with van der Waals surface area (Å²) in [7, 11) is 0. The Balaban J connectivity index is 0.888. The summed E-state index contributed by atoms with van der Waals surface area (Å²) in [6.07, 6.45) is 0. The maximum absolute atomic E-state index is 2.51. The first-order chi connectivity index (χ1) is 40.9. The van der Waals surface area contributed by atoms with Crippen molar-refractivity contribution >= 4 is 66.7 Å². The summed E-state index contributed by atoms with van der Waals surface area (Å²) >= 11 is 0. The molecule has 0 spiro atoms. The Bertz CT molecular complexity index is 4770. The number of rotatable bonds is 10. The molecule has 14 aromatic rings. The lowest BCUT2D eigenvalue weighted by molar-refractivity contribution is 0.660. The van der Waals surface area contributed by atoms with Crippen molar-refractivity contribution in [1.82, 2.24) is 4.57 Å². The van der Waals surface area contributed by atoms with Gasteiger partial charge < -0.3 is 14.4 Å². The molecule has 0 radical (unpaired) electrons. The Morgan fingerprint density at radius 2 is 0.723 bits per heavy atom. The van der Waals surface area contributed by atoms with Crippen molar-refractivity contribution in [3.63, 3.8) is 0 Å². The van der Waals surface area contributed by atoms with Crippen LogP contribution in [0.3, 0.4) is 0 Å². The third-order valence-electron chi connectivity index (χ3n) is 18.0. The lowest BCUT2D eigenvalue weighted by Crippen LogP contribution is -2.28. The number of hydrogen-bond acceptors (Lipinski definition) is 2. The minimum atomic E-state index is -0.667. The number of nitrogens with zero attached hydrogens (tertiary/aromatic N) is 3. The number of aromatic nitrogens is 1. The van der Waals surface area contributed by atoms with Gasteiger partial charge in [-0.25, -0.2) is 0 Å². The number of fused-ring (bicyclic) bond motifs is 10. The Morgan fingerprint density at radius 3 is 1.42 bits per heavy atom. The van der Waals surface area contributed by atoms with Gasteiger partial charge in [-0.05, 0) is 187 Å². The first-order valence-electron chi connectivity index (χ1n) is 28.9. The third-order valence-corrected chi connectivity index (χ3v) is 18.0. The molecule has 83 heavy (non-hydrogen) atoms. The molecule has 3 nitrogen and oxygen atoms in total. The maximum Gasteiger partial charge on any atom is 0.0714 e. The molecule has 0 saturated heterocycles. The zero-order valence-electron chi connectivity index (χ0n) is 46.3. The molecule has 1 aromatic heterocycles. The smallest absolute Gasteiger partial charge is 0.0714 e. The summed E-state index contributed by atoms with van der Waals surface area (Å²) in [5, 5.41) is 4.91. The summed E-state index contributed by atoms with van der Waals surface area (Å²) in [6.45, 7) is 4.75. The Kier molecular flexibility index (Phi) is 11.1. The van der Waals surface area contributed by atoms with E-state index in [0.29, 0.717) is 0 Å². The molecule has 0 N–H and O–H groups in total.